The number of aliphatic hydroxyl groups excluding tert-OH is 8. The number of carbonyl (C=O) groups is 1. The second-order valence-electron chi connectivity index (χ2n) is 22.9. The van der Waals surface area contributed by atoms with Gasteiger partial charge in [0.05, 0.1) is 30.3 Å². The molecule has 0 radical (unpaired) electrons. The van der Waals surface area contributed by atoms with Crippen molar-refractivity contribution < 1.29 is 79.2 Å². The summed E-state index contributed by atoms with van der Waals surface area (Å²) in [5.41, 5.74) is -0.103. The normalized spacial score (nSPS) is 56.1. The molecule has 8 rings (SSSR count). The third-order valence-corrected chi connectivity index (χ3v) is 19.6. The molecule has 0 bridgehead atoms. The zero-order valence-corrected chi connectivity index (χ0v) is 39.2. The Labute approximate surface area is 377 Å². The van der Waals surface area contributed by atoms with Crippen LogP contribution >= 0.6 is 0 Å². The minimum atomic E-state index is -1.74. The monoisotopic (exact) mass is 911 g/mol. The van der Waals surface area contributed by atoms with Crippen molar-refractivity contribution in [2.24, 2.45) is 56.7 Å². The largest absolute Gasteiger partial charge is 0.481 e. The van der Waals surface area contributed by atoms with E-state index >= 15 is 0 Å². The van der Waals surface area contributed by atoms with Crippen LogP contribution in [-0.4, -0.2) is 157 Å². The number of aliphatic carboxylic acids is 1. The number of rotatable bonds is 8. The summed E-state index contributed by atoms with van der Waals surface area (Å²) < 4.78 is 37.2. The fourth-order valence-electron chi connectivity index (χ4n) is 15.3. The Kier molecular flexibility index (Phi) is 13.2. The van der Waals surface area contributed by atoms with Crippen molar-refractivity contribution in [1.82, 2.24) is 0 Å². The van der Waals surface area contributed by atoms with E-state index in [1.807, 2.05) is 0 Å². The summed E-state index contributed by atoms with van der Waals surface area (Å²) in [4.78, 5) is 13.2. The van der Waals surface area contributed by atoms with Gasteiger partial charge in [0.2, 0.25) is 0 Å². The molecule has 64 heavy (non-hydrogen) atoms. The highest BCUT2D eigenvalue weighted by Gasteiger charge is 2.70. The van der Waals surface area contributed by atoms with Crippen molar-refractivity contribution in [3.8, 4) is 0 Å². The number of allylic oxidation sites excluding steroid dienone is 2. The zero-order chi connectivity index (χ0) is 46.8. The first kappa shape index (κ1) is 49.1. The molecule has 0 spiro atoms. The zero-order valence-electron chi connectivity index (χ0n) is 39.2. The molecule has 3 saturated heterocycles. The van der Waals surface area contributed by atoms with Gasteiger partial charge in [-0.05, 0) is 123 Å². The first-order chi connectivity index (χ1) is 29.9. The van der Waals surface area contributed by atoms with Crippen LogP contribution in [0.3, 0.4) is 0 Å². The Bertz CT molecular complexity index is 1750. The molecule has 366 valence electrons. The molecule has 16 nitrogen and oxygen atoms in total. The number of carboxylic acids is 1. The van der Waals surface area contributed by atoms with E-state index in [1.165, 1.54) is 19.4 Å². The molecule has 0 amide bonds. The molecule has 4 saturated carbocycles. The second kappa shape index (κ2) is 17.3. The van der Waals surface area contributed by atoms with E-state index < -0.39 is 122 Å². The van der Waals surface area contributed by atoms with Gasteiger partial charge in [-0.25, -0.2) is 0 Å². The fourth-order valence-corrected chi connectivity index (χ4v) is 15.3. The van der Waals surface area contributed by atoms with Crippen molar-refractivity contribution >= 4 is 5.97 Å². The molecule has 0 aromatic rings. The van der Waals surface area contributed by atoms with Crippen LogP contribution in [-0.2, 0) is 33.2 Å². The van der Waals surface area contributed by atoms with Gasteiger partial charge in [0, 0.05) is 0 Å². The number of carboxylic acid groups (broad SMARTS) is 1. The molecule has 9 N–H and O–H groups in total. The summed E-state index contributed by atoms with van der Waals surface area (Å²) in [5.74, 6) is 0.633. The third kappa shape index (κ3) is 7.32. The van der Waals surface area contributed by atoms with Crippen LogP contribution in [0.15, 0.2) is 11.6 Å². The molecule has 0 unspecified atom stereocenters. The van der Waals surface area contributed by atoms with E-state index in [2.05, 4.69) is 54.5 Å². The smallest absolute Gasteiger partial charge is 0.310 e. The molecule has 16 heteroatoms. The lowest BCUT2D eigenvalue weighted by Gasteiger charge is -2.71. The Morgan fingerprint density at radius 2 is 1.25 bits per heavy atom. The molecule has 25 atom stereocenters. The summed E-state index contributed by atoms with van der Waals surface area (Å²) >= 11 is 0. The maximum Gasteiger partial charge on any atom is 0.310 e. The molecule has 7 fully saturated rings. The Balaban J connectivity index is 1.07. The summed E-state index contributed by atoms with van der Waals surface area (Å²) in [6.45, 7) is 18.7. The Morgan fingerprint density at radius 1 is 0.656 bits per heavy atom. The van der Waals surface area contributed by atoms with Gasteiger partial charge in [-0.15, -0.1) is 0 Å². The maximum atomic E-state index is 13.2. The van der Waals surface area contributed by atoms with E-state index in [4.69, 9.17) is 28.4 Å². The SMILES string of the molecule is C[C@H]1[C@H](C)CC[C@]2(C(=O)O)CC[C@]3(C)C(=CC[C@@H]4[C@@]5(C)CC[C@@H](O[C@@H]6O[C@H](CO)[C@@H](O[C@@H]7O[C@@H](C)[C@H](O)[C@@H](O)[C@H]7O)[C@H](O)[C@H]6O[C@@H]6O[C@@H](C)[C@H](O)[C@@H](O)[C@H]6O)C(C)(C)[C@@H]5CC[C@]43C)[C@H]12. The predicted octanol–water partition coefficient (Wildman–Crippen LogP) is 2.62. The lowest BCUT2D eigenvalue weighted by molar-refractivity contribution is -0.393. The molecular formula is C48H78O16. The van der Waals surface area contributed by atoms with E-state index in [9.17, 15) is 50.8 Å². The van der Waals surface area contributed by atoms with E-state index in [1.54, 1.807) is 0 Å². The summed E-state index contributed by atoms with van der Waals surface area (Å²) in [7, 11) is 0. The molecule has 0 aromatic heterocycles. The Hall–Kier alpha value is -1.35. The number of hydrogen-bond acceptors (Lipinski definition) is 15. The topological polar surface area (TPSA) is 255 Å². The quantitative estimate of drug-likeness (QED) is 0.125. The second-order valence-corrected chi connectivity index (χ2v) is 22.9. The summed E-state index contributed by atoms with van der Waals surface area (Å²) in [6, 6.07) is 0. The Morgan fingerprint density at radius 3 is 1.83 bits per heavy atom. The molecular weight excluding hydrogens is 833 g/mol. The van der Waals surface area contributed by atoms with Gasteiger partial charge < -0.3 is 74.4 Å². The highest BCUT2D eigenvalue weighted by molar-refractivity contribution is 5.76. The number of hydrogen-bond donors (Lipinski definition) is 9. The fraction of sp³-hybridized carbons (Fsp3) is 0.938. The standard InChI is InChI=1S/C48H78O16/c1-21-12-17-48(43(57)58)19-18-46(8)25(30(48)22(21)2)10-11-28-45(7)15-14-29(44(5,6)27(45)13-16-47(28,46)9)62-42-39(64-41-36(55)34(53)32(51)24(4)60-41)37(56)38(26(20-49)61-42)63-40-35(54)33(52)31(50)23(3)59-40/h10,21-24,26-42,49-56H,11-20H2,1-9H3,(H,57,58)/t21-,22+,23+,24+,26-,27+,28-,29-,30+,31+,32+,33-,34-,35-,36-,37+,38-,39-,40+,41+,42+,45+,46-,47-,48+/m1/s1. The van der Waals surface area contributed by atoms with Gasteiger partial charge in [-0.1, -0.05) is 60.1 Å². The highest BCUT2D eigenvalue weighted by Crippen LogP contribution is 2.76. The van der Waals surface area contributed by atoms with Crippen LogP contribution in [0.2, 0.25) is 0 Å². The third-order valence-electron chi connectivity index (χ3n) is 19.6. The van der Waals surface area contributed by atoms with E-state index in [0.717, 1.165) is 44.9 Å². The maximum absolute atomic E-state index is 13.2. The van der Waals surface area contributed by atoms with Gasteiger partial charge in [0.15, 0.2) is 18.9 Å². The van der Waals surface area contributed by atoms with Gasteiger partial charge in [0.1, 0.15) is 61.0 Å². The average Bonchev–Trinajstić information content (AvgIpc) is 3.24. The minimum Gasteiger partial charge on any atom is -0.481 e. The molecule has 8 aliphatic rings. The van der Waals surface area contributed by atoms with Gasteiger partial charge in [-0.2, -0.15) is 0 Å². The van der Waals surface area contributed by atoms with Crippen molar-refractivity contribution in [3.63, 3.8) is 0 Å². The number of ether oxygens (including phenoxy) is 6. The molecule has 5 aliphatic carbocycles. The molecule has 3 heterocycles. The first-order valence-corrected chi connectivity index (χ1v) is 24.1. The summed E-state index contributed by atoms with van der Waals surface area (Å²) in [6.07, 6.45) is -12.4. The van der Waals surface area contributed by atoms with Crippen LogP contribution in [0.25, 0.3) is 0 Å². The van der Waals surface area contributed by atoms with Crippen LogP contribution in [0, 0.1) is 56.7 Å². The number of aliphatic hydroxyl groups is 8. The van der Waals surface area contributed by atoms with Gasteiger partial charge in [0.25, 0.3) is 0 Å². The number of fused-ring (bicyclic) bond motifs is 7. The van der Waals surface area contributed by atoms with Gasteiger partial charge >= 0.3 is 5.97 Å². The molecule has 3 aliphatic heterocycles. The van der Waals surface area contributed by atoms with Crippen molar-refractivity contribution in [3.05, 3.63) is 11.6 Å². The van der Waals surface area contributed by atoms with Crippen LogP contribution in [0.5, 0.6) is 0 Å². The predicted molar refractivity (Wildman–Crippen MR) is 228 cm³/mol. The van der Waals surface area contributed by atoms with Crippen molar-refractivity contribution in [2.45, 2.75) is 218 Å². The van der Waals surface area contributed by atoms with Crippen LogP contribution in [0.4, 0.5) is 0 Å². The minimum absolute atomic E-state index is 0.0186. The van der Waals surface area contributed by atoms with E-state index in [0.29, 0.717) is 24.7 Å². The first-order valence-electron chi connectivity index (χ1n) is 24.1. The highest BCUT2D eigenvalue weighted by atomic mass is 16.8. The molecule has 0 aromatic carbocycles. The summed E-state index contributed by atoms with van der Waals surface area (Å²) in [5, 5.41) is 97.5. The van der Waals surface area contributed by atoms with Crippen LogP contribution < -0.4 is 0 Å². The van der Waals surface area contributed by atoms with Crippen LogP contribution in [0.1, 0.15) is 120 Å². The lowest BCUT2D eigenvalue weighted by atomic mass is 9.33. The lowest BCUT2D eigenvalue weighted by Crippen LogP contribution is -2.68. The van der Waals surface area contributed by atoms with Gasteiger partial charge in [-0.3, -0.25) is 4.79 Å². The van der Waals surface area contributed by atoms with E-state index in [-0.39, 0.29) is 34.0 Å². The van der Waals surface area contributed by atoms with Crippen molar-refractivity contribution in [2.75, 3.05) is 6.61 Å². The average molecular weight is 911 g/mol. The van der Waals surface area contributed by atoms with Crippen molar-refractivity contribution in [1.29, 1.82) is 0 Å².